The van der Waals surface area contributed by atoms with Crippen molar-refractivity contribution in [3.63, 3.8) is 0 Å². The number of anilines is 1. The van der Waals surface area contributed by atoms with Crippen LogP contribution in [0.5, 0.6) is 0 Å². The number of carbonyl (C=O) groups excluding carboxylic acids is 2. The quantitative estimate of drug-likeness (QED) is 0.741. The van der Waals surface area contributed by atoms with Gasteiger partial charge >= 0.3 is 0 Å². The Morgan fingerprint density at radius 2 is 2.23 bits per heavy atom. The molecule has 2 heterocycles. The number of thiophene rings is 1. The summed E-state index contributed by atoms with van der Waals surface area (Å²) in [4.78, 5) is 25.4. The van der Waals surface area contributed by atoms with E-state index in [9.17, 15) is 9.59 Å². The highest BCUT2D eigenvalue weighted by molar-refractivity contribution is 7.17. The van der Waals surface area contributed by atoms with E-state index in [2.05, 4.69) is 12.2 Å². The van der Waals surface area contributed by atoms with Crippen molar-refractivity contribution in [2.75, 3.05) is 5.32 Å². The SMILES string of the molecule is CCCC1CCc2c(sc(NC(=O)/C=C/c3ccc(C)o3)c2C(N)=O)C1. The van der Waals surface area contributed by atoms with E-state index in [-0.39, 0.29) is 5.91 Å². The van der Waals surface area contributed by atoms with Gasteiger partial charge in [0, 0.05) is 11.0 Å². The summed E-state index contributed by atoms with van der Waals surface area (Å²) in [5, 5.41) is 3.38. The van der Waals surface area contributed by atoms with Gasteiger partial charge in [0.25, 0.3) is 5.91 Å². The number of nitrogens with one attached hydrogen (secondary N) is 1. The molecular weight excluding hydrogens is 348 g/mol. The smallest absolute Gasteiger partial charge is 0.251 e. The van der Waals surface area contributed by atoms with Crippen LogP contribution >= 0.6 is 11.3 Å². The molecule has 1 aliphatic carbocycles. The molecule has 1 atom stereocenters. The number of fused-ring (bicyclic) bond motifs is 1. The van der Waals surface area contributed by atoms with E-state index in [1.54, 1.807) is 12.1 Å². The van der Waals surface area contributed by atoms with Crippen molar-refractivity contribution in [1.82, 2.24) is 0 Å². The fourth-order valence-electron chi connectivity index (χ4n) is 3.51. The molecule has 2 amide bonds. The molecule has 1 unspecified atom stereocenters. The molecule has 0 fully saturated rings. The summed E-state index contributed by atoms with van der Waals surface area (Å²) in [5.74, 6) is 1.27. The second kappa shape index (κ2) is 7.91. The second-order valence-electron chi connectivity index (χ2n) is 6.74. The van der Waals surface area contributed by atoms with Crippen molar-refractivity contribution < 1.29 is 14.0 Å². The number of hydrogen-bond donors (Lipinski definition) is 2. The van der Waals surface area contributed by atoms with Gasteiger partial charge < -0.3 is 15.5 Å². The normalized spacial score (nSPS) is 16.6. The predicted molar refractivity (Wildman–Crippen MR) is 104 cm³/mol. The first-order valence-electron chi connectivity index (χ1n) is 8.97. The first-order valence-corrected chi connectivity index (χ1v) is 9.79. The van der Waals surface area contributed by atoms with Crippen LogP contribution in [0.1, 0.15) is 58.5 Å². The third-order valence-corrected chi connectivity index (χ3v) is 5.88. The number of amides is 2. The highest BCUT2D eigenvalue weighted by atomic mass is 32.1. The largest absolute Gasteiger partial charge is 0.462 e. The van der Waals surface area contributed by atoms with Crippen LogP contribution in [0.25, 0.3) is 6.08 Å². The zero-order valence-corrected chi connectivity index (χ0v) is 15.9. The summed E-state index contributed by atoms with van der Waals surface area (Å²) < 4.78 is 5.41. The van der Waals surface area contributed by atoms with Gasteiger partial charge in [-0.2, -0.15) is 0 Å². The molecule has 0 aromatic carbocycles. The molecule has 2 aromatic rings. The number of hydrogen-bond acceptors (Lipinski definition) is 4. The van der Waals surface area contributed by atoms with Crippen LogP contribution in [0, 0.1) is 12.8 Å². The van der Waals surface area contributed by atoms with Crippen molar-refractivity contribution >= 4 is 34.2 Å². The minimum Gasteiger partial charge on any atom is -0.462 e. The Bertz CT molecular complexity index is 847. The van der Waals surface area contributed by atoms with Gasteiger partial charge in [-0.25, -0.2) is 0 Å². The van der Waals surface area contributed by atoms with Crippen molar-refractivity contribution in [2.24, 2.45) is 11.7 Å². The van der Waals surface area contributed by atoms with Gasteiger partial charge in [0.2, 0.25) is 5.91 Å². The monoisotopic (exact) mass is 372 g/mol. The van der Waals surface area contributed by atoms with E-state index in [1.807, 2.05) is 13.0 Å². The number of nitrogens with two attached hydrogens (primary N) is 1. The van der Waals surface area contributed by atoms with Crippen LogP contribution in [0.4, 0.5) is 5.00 Å². The Labute approximate surface area is 157 Å². The van der Waals surface area contributed by atoms with Crippen LogP contribution in [0.15, 0.2) is 22.6 Å². The van der Waals surface area contributed by atoms with Gasteiger partial charge in [-0.1, -0.05) is 19.8 Å². The van der Waals surface area contributed by atoms with Crippen molar-refractivity contribution in [3.05, 3.63) is 45.7 Å². The number of carbonyl (C=O) groups is 2. The number of rotatable bonds is 6. The first kappa shape index (κ1) is 18.5. The Morgan fingerprint density at radius 3 is 2.88 bits per heavy atom. The maximum absolute atomic E-state index is 12.3. The zero-order valence-electron chi connectivity index (χ0n) is 15.1. The van der Waals surface area contributed by atoms with Crippen LogP contribution in [-0.2, 0) is 17.6 Å². The number of primary amides is 1. The van der Waals surface area contributed by atoms with Crippen molar-refractivity contribution in [3.8, 4) is 0 Å². The Morgan fingerprint density at radius 1 is 1.42 bits per heavy atom. The summed E-state index contributed by atoms with van der Waals surface area (Å²) in [7, 11) is 0. The Hall–Kier alpha value is -2.34. The van der Waals surface area contributed by atoms with Gasteiger partial charge in [-0.3, -0.25) is 9.59 Å². The van der Waals surface area contributed by atoms with Crippen molar-refractivity contribution in [2.45, 2.75) is 46.0 Å². The average Bonchev–Trinajstić information content (AvgIpc) is 3.15. The molecule has 3 rings (SSSR count). The molecule has 0 aliphatic heterocycles. The third kappa shape index (κ3) is 4.07. The molecule has 2 aromatic heterocycles. The molecule has 0 saturated heterocycles. The molecule has 3 N–H and O–H groups in total. The molecule has 0 bridgehead atoms. The van der Waals surface area contributed by atoms with Gasteiger partial charge in [-0.05, 0) is 55.9 Å². The van der Waals surface area contributed by atoms with E-state index >= 15 is 0 Å². The lowest BCUT2D eigenvalue weighted by Crippen LogP contribution is -2.19. The number of furan rings is 1. The van der Waals surface area contributed by atoms with Crippen LogP contribution in [-0.4, -0.2) is 11.8 Å². The second-order valence-corrected chi connectivity index (χ2v) is 7.85. The molecule has 5 nitrogen and oxygen atoms in total. The highest BCUT2D eigenvalue weighted by Gasteiger charge is 2.28. The van der Waals surface area contributed by atoms with Crippen molar-refractivity contribution in [1.29, 1.82) is 0 Å². The molecule has 1 aliphatic rings. The van der Waals surface area contributed by atoms with Crippen LogP contribution < -0.4 is 11.1 Å². The zero-order chi connectivity index (χ0) is 18.7. The van der Waals surface area contributed by atoms with Gasteiger partial charge in [0.15, 0.2) is 0 Å². The highest BCUT2D eigenvalue weighted by Crippen LogP contribution is 2.40. The van der Waals surface area contributed by atoms with Crippen LogP contribution in [0.2, 0.25) is 0 Å². The maximum atomic E-state index is 12.3. The lowest BCUT2D eigenvalue weighted by molar-refractivity contribution is -0.111. The van der Waals surface area contributed by atoms with E-state index in [1.165, 1.54) is 28.7 Å². The minimum absolute atomic E-state index is 0.301. The van der Waals surface area contributed by atoms with E-state index in [0.29, 0.717) is 22.2 Å². The Kier molecular flexibility index (Phi) is 5.61. The van der Waals surface area contributed by atoms with Crippen LogP contribution in [0.3, 0.4) is 0 Å². The minimum atomic E-state index is -0.475. The molecular formula is C20H24N2O3S. The standard InChI is InChI=1S/C20H24N2O3S/c1-3-4-13-6-9-15-16(11-13)26-20(18(15)19(21)24)22-17(23)10-8-14-7-5-12(2)25-14/h5,7-8,10,13H,3-4,6,9,11H2,1-2H3,(H2,21,24)(H,22,23)/b10-8+. The van der Waals surface area contributed by atoms with E-state index in [4.69, 9.17) is 10.2 Å². The van der Waals surface area contributed by atoms with Gasteiger partial charge in [0.05, 0.1) is 5.56 Å². The molecule has 6 heteroatoms. The van der Waals surface area contributed by atoms with E-state index in [0.717, 1.165) is 37.0 Å². The fourth-order valence-corrected chi connectivity index (χ4v) is 4.88. The summed E-state index contributed by atoms with van der Waals surface area (Å²) in [6.45, 7) is 4.04. The van der Waals surface area contributed by atoms with E-state index < -0.39 is 5.91 Å². The average molecular weight is 372 g/mol. The molecule has 0 radical (unpaired) electrons. The summed E-state index contributed by atoms with van der Waals surface area (Å²) >= 11 is 1.48. The predicted octanol–water partition coefficient (Wildman–Crippen LogP) is 4.31. The lowest BCUT2D eigenvalue weighted by atomic mass is 9.84. The molecule has 138 valence electrons. The maximum Gasteiger partial charge on any atom is 0.251 e. The fraction of sp³-hybridized carbons (Fsp3) is 0.400. The molecule has 26 heavy (non-hydrogen) atoms. The first-order chi connectivity index (χ1) is 12.5. The topological polar surface area (TPSA) is 85.3 Å². The van der Waals surface area contributed by atoms with Gasteiger partial charge in [-0.15, -0.1) is 11.3 Å². The summed E-state index contributed by atoms with van der Waals surface area (Å²) in [6, 6.07) is 3.63. The third-order valence-electron chi connectivity index (χ3n) is 4.71. The summed E-state index contributed by atoms with van der Waals surface area (Å²) in [6.07, 6.45) is 8.25. The molecule has 0 saturated carbocycles. The van der Waals surface area contributed by atoms with Gasteiger partial charge in [0.1, 0.15) is 16.5 Å². The number of aryl methyl sites for hydroxylation is 1. The Balaban J connectivity index is 1.78. The lowest BCUT2D eigenvalue weighted by Gasteiger charge is -2.21. The summed E-state index contributed by atoms with van der Waals surface area (Å²) in [5.41, 5.74) is 7.11. The molecule has 0 spiro atoms.